The van der Waals surface area contributed by atoms with Crippen LogP contribution in [0.5, 0.6) is 0 Å². The highest BCUT2D eigenvalue weighted by atomic mass is 79.9. The lowest BCUT2D eigenvalue weighted by Gasteiger charge is -2.11. The van der Waals surface area contributed by atoms with E-state index in [1.54, 1.807) is 12.1 Å². The smallest absolute Gasteiger partial charge is 0.234 e. The molecule has 2 aromatic rings. The first-order valence-electron chi connectivity index (χ1n) is 7.27. The Morgan fingerprint density at radius 1 is 1.29 bits per heavy atom. The predicted molar refractivity (Wildman–Crippen MR) is 102 cm³/mol. The minimum absolute atomic E-state index is 0.106. The lowest BCUT2D eigenvalue weighted by molar-refractivity contribution is -0.113. The molecule has 1 aliphatic heterocycles. The first-order chi connectivity index (χ1) is 11.6. The number of aliphatic imine (C=N–C) groups is 1. The second kappa shape index (κ2) is 8.05. The number of benzene rings is 2. The molecule has 1 aliphatic rings. The summed E-state index contributed by atoms with van der Waals surface area (Å²) in [4.78, 5) is 17.6. The number of anilines is 1. The summed E-state index contributed by atoms with van der Waals surface area (Å²) in [5, 5.41) is 3.44. The fourth-order valence-electron chi connectivity index (χ4n) is 2.17. The molecule has 1 heterocycles. The number of hydrogen-bond acceptors (Lipinski definition) is 4. The van der Waals surface area contributed by atoms with E-state index in [4.69, 9.17) is 16.3 Å². The molecule has 0 spiro atoms. The van der Waals surface area contributed by atoms with Crippen molar-refractivity contribution >= 4 is 56.8 Å². The van der Waals surface area contributed by atoms with Gasteiger partial charge in [-0.1, -0.05) is 27.5 Å². The van der Waals surface area contributed by atoms with Gasteiger partial charge in [0.05, 0.1) is 23.5 Å². The summed E-state index contributed by atoms with van der Waals surface area (Å²) in [6.07, 6.45) is 0. The average molecular weight is 426 g/mol. The van der Waals surface area contributed by atoms with E-state index >= 15 is 0 Å². The molecule has 0 unspecified atom stereocenters. The number of halogens is 2. The van der Waals surface area contributed by atoms with Crippen molar-refractivity contribution in [2.45, 2.75) is 4.90 Å². The summed E-state index contributed by atoms with van der Waals surface area (Å²) < 4.78 is 6.50. The number of nitrogens with zero attached hydrogens (tertiary/aromatic N) is 1. The van der Waals surface area contributed by atoms with Crippen molar-refractivity contribution in [1.82, 2.24) is 0 Å². The largest absolute Gasteiger partial charge is 0.475 e. The minimum Gasteiger partial charge on any atom is -0.475 e. The summed E-state index contributed by atoms with van der Waals surface area (Å²) in [6.45, 7) is 1.19. The van der Waals surface area contributed by atoms with Gasteiger partial charge in [-0.3, -0.25) is 4.79 Å². The van der Waals surface area contributed by atoms with Gasteiger partial charge in [-0.05, 0) is 42.5 Å². The summed E-state index contributed by atoms with van der Waals surface area (Å²) in [6, 6.07) is 13.1. The normalized spacial score (nSPS) is 13.3. The lowest BCUT2D eigenvalue weighted by Crippen LogP contribution is -2.17. The molecule has 0 fully saturated rings. The molecule has 0 saturated carbocycles. The van der Waals surface area contributed by atoms with E-state index in [1.165, 1.54) is 11.8 Å². The molecular weight excluding hydrogens is 412 g/mol. The van der Waals surface area contributed by atoms with Crippen molar-refractivity contribution < 1.29 is 9.53 Å². The second-order valence-corrected chi connectivity index (χ2v) is 7.42. The maximum absolute atomic E-state index is 12.3. The van der Waals surface area contributed by atoms with Crippen LogP contribution in [-0.4, -0.2) is 30.7 Å². The van der Waals surface area contributed by atoms with Crippen LogP contribution in [-0.2, 0) is 9.53 Å². The van der Waals surface area contributed by atoms with Crippen molar-refractivity contribution in [1.29, 1.82) is 0 Å². The van der Waals surface area contributed by atoms with Gasteiger partial charge in [0, 0.05) is 14.4 Å². The van der Waals surface area contributed by atoms with E-state index < -0.39 is 0 Å². The number of carbonyl (C=O) groups is 1. The number of amides is 1. The SMILES string of the molecule is O=C(CSc1ccc(Br)cc1)Nc1cc(Cl)ccc1C1=NCCO1. The maximum Gasteiger partial charge on any atom is 0.234 e. The van der Waals surface area contributed by atoms with Gasteiger partial charge in [0.25, 0.3) is 0 Å². The van der Waals surface area contributed by atoms with Gasteiger partial charge in [-0.25, -0.2) is 4.99 Å². The molecule has 3 rings (SSSR count). The van der Waals surface area contributed by atoms with E-state index in [1.807, 2.05) is 30.3 Å². The summed E-state index contributed by atoms with van der Waals surface area (Å²) in [7, 11) is 0. The number of hydrogen-bond donors (Lipinski definition) is 1. The molecule has 0 radical (unpaired) electrons. The molecule has 124 valence electrons. The zero-order valence-corrected chi connectivity index (χ0v) is 15.7. The van der Waals surface area contributed by atoms with Crippen LogP contribution in [0.1, 0.15) is 5.56 Å². The molecule has 0 aromatic heterocycles. The van der Waals surface area contributed by atoms with Gasteiger partial charge in [0.2, 0.25) is 11.8 Å². The quantitative estimate of drug-likeness (QED) is 0.712. The van der Waals surface area contributed by atoms with Crippen LogP contribution in [0.15, 0.2) is 56.8 Å². The molecule has 7 heteroatoms. The van der Waals surface area contributed by atoms with E-state index in [-0.39, 0.29) is 5.91 Å². The van der Waals surface area contributed by atoms with E-state index in [0.717, 1.165) is 14.9 Å². The summed E-state index contributed by atoms with van der Waals surface area (Å²) >= 11 is 10.9. The van der Waals surface area contributed by atoms with Gasteiger partial charge in [0.1, 0.15) is 6.61 Å². The Morgan fingerprint density at radius 3 is 2.79 bits per heavy atom. The van der Waals surface area contributed by atoms with Crippen LogP contribution >= 0.6 is 39.3 Å². The van der Waals surface area contributed by atoms with Gasteiger partial charge in [-0.15, -0.1) is 11.8 Å². The topological polar surface area (TPSA) is 50.7 Å². The fraction of sp³-hybridized carbons (Fsp3) is 0.176. The van der Waals surface area contributed by atoms with Crippen LogP contribution in [0, 0.1) is 0 Å². The van der Waals surface area contributed by atoms with Crippen LogP contribution in [0.4, 0.5) is 5.69 Å². The lowest BCUT2D eigenvalue weighted by atomic mass is 10.1. The number of carbonyl (C=O) groups excluding carboxylic acids is 1. The molecule has 24 heavy (non-hydrogen) atoms. The Hall–Kier alpha value is -1.50. The van der Waals surface area contributed by atoms with E-state index in [2.05, 4.69) is 26.2 Å². The third-order valence-electron chi connectivity index (χ3n) is 3.26. The molecule has 0 saturated heterocycles. The highest BCUT2D eigenvalue weighted by Gasteiger charge is 2.16. The monoisotopic (exact) mass is 424 g/mol. The summed E-state index contributed by atoms with van der Waals surface area (Å²) in [5.74, 6) is 0.744. The standard InChI is InChI=1S/C17H14BrClN2O2S/c18-11-1-4-13(5-2-11)24-10-16(22)21-15-9-12(19)3-6-14(15)17-20-7-8-23-17/h1-6,9H,7-8,10H2,(H,21,22). The molecule has 2 aromatic carbocycles. The Kier molecular flexibility index (Phi) is 5.81. The van der Waals surface area contributed by atoms with E-state index in [0.29, 0.717) is 35.5 Å². The summed E-state index contributed by atoms with van der Waals surface area (Å²) in [5.41, 5.74) is 1.36. The molecule has 1 N–H and O–H groups in total. The van der Waals surface area contributed by atoms with Crippen molar-refractivity contribution in [3.63, 3.8) is 0 Å². The van der Waals surface area contributed by atoms with Gasteiger partial charge < -0.3 is 10.1 Å². The van der Waals surface area contributed by atoms with E-state index in [9.17, 15) is 4.79 Å². The Labute approximate surface area is 157 Å². The maximum atomic E-state index is 12.3. The Bertz CT molecular complexity index is 781. The van der Waals surface area contributed by atoms with Crippen molar-refractivity contribution in [2.75, 3.05) is 24.2 Å². The first kappa shape index (κ1) is 17.3. The Morgan fingerprint density at radius 2 is 2.08 bits per heavy atom. The number of rotatable bonds is 5. The van der Waals surface area contributed by atoms with Gasteiger partial charge >= 0.3 is 0 Å². The minimum atomic E-state index is -0.106. The fourth-order valence-corrected chi connectivity index (χ4v) is 3.31. The zero-order valence-electron chi connectivity index (χ0n) is 12.6. The number of nitrogens with one attached hydrogen (secondary N) is 1. The molecule has 0 atom stereocenters. The number of ether oxygens (including phenoxy) is 1. The second-order valence-electron chi connectivity index (χ2n) is 5.02. The van der Waals surface area contributed by atoms with Crippen molar-refractivity contribution in [3.8, 4) is 0 Å². The number of thioether (sulfide) groups is 1. The van der Waals surface area contributed by atoms with Crippen LogP contribution in [0.25, 0.3) is 0 Å². The Balaban J connectivity index is 1.67. The van der Waals surface area contributed by atoms with Crippen LogP contribution in [0.2, 0.25) is 5.02 Å². The van der Waals surface area contributed by atoms with Crippen LogP contribution < -0.4 is 5.32 Å². The van der Waals surface area contributed by atoms with Gasteiger partial charge in [-0.2, -0.15) is 0 Å². The average Bonchev–Trinajstić information content (AvgIpc) is 3.09. The molecule has 0 bridgehead atoms. The zero-order chi connectivity index (χ0) is 16.9. The predicted octanol–water partition coefficient (Wildman–Crippen LogP) is 4.61. The van der Waals surface area contributed by atoms with Crippen LogP contribution in [0.3, 0.4) is 0 Å². The van der Waals surface area contributed by atoms with Crippen molar-refractivity contribution in [2.24, 2.45) is 4.99 Å². The molecule has 4 nitrogen and oxygen atoms in total. The molecular formula is C17H14BrClN2O2S. The highest BCUT2D eigenvalue weighted by molar-refractivity contribution is 9.10. The first-order valence-corrected chi connectivity index (χ1v) is 9.43. The molecule has 0 aliphatic carbocycles. The molecule has 1 amide bonds. The van der Waals surface area contributed by atoms with Crippen molar-refractivity contribution in [3.05, 3.63) is 57.5 Å². The highest BCUT2D eigenvalue weighted by Crippen LogP contribution is 2.25. The third kappa shape index (κ3) is 4.53. The van der Waals surface area contributed by atoms with Gasteiger partial charge in [0.15, 0.2) is 0 Å². The third-order valence-corrected chi connectivity index (χ3v) is 5.03.